The zero-order valence-electron chi connectivity index (χ0n) is 14.2. The Kier molecular flexibility index (Phi) is 3.12. The van der Waals surface area contributed by atoms with Crippen LogP contribution in [0.1, 0.15) is 71.6 Å². The van der Waals surface area contributed by atoms with Crippen LogP contribution in [0.3, 0.4) is 0 Å². The summed E-state index contributed by atoms with van der Waals surface area (Å²) in [6.07, 6.45) is 19.3. The third-order valence-corrected chi connectivity index (χ3v) is 8.42. The summed E-state index contributed by atoms with van der Waals surface area (Å²) >= 11 is 0. The van der Waals surface area contributed by atoms with Gasteiger partial charge in [0.05, 0.1) is 0 Å². The van der Waals surface area contributed by atoms with E-state index in [9.17, 15) is 5.11 Å². The normalized spacial score (nSPS) is 53.7. The van der Waals surface area contributed by atoms with Gasteiger partial charge in [0.2, 0.25) is 0 Å². The van der Waals surface area contributed by atoms with Gasteiger partial charge in [-0.25, -0.2) is 0 Å². The molecule has 1 nitrogen and oxygen atoms in total. The maximum Gasteiger partial charge on any atom is 0.130 e. The fourth-order valence-corrected chi connectivity index (χ4v) is 7.01. The molecule has 3 fully saturated rings. The summed E-state index contributed by atoms with van der Waals surface area (Å²) in [7, 11) is 0. The quantitative estimate of drug-likeness (QED) is 0.507. The van der Waals surface area contributed by atoms with E-state index in [0.29, 0.717) is 11.3 Å². The first-order valence-electron chi connectivity index (χ1n) is 9.34. The standard InChI is InChI=1S/C21H30O/c1-4-21(22)14-11-18-16-9-8-15-7-5-6-12-19(15,2)17(16)10-13-20(18,21)3/h1,7,16-18,22H,5-6,8-14H2,2-3H3/t16-,17+,18+,19+,20+,21-/m1/s1. The molecule has 0 aliphatic heterocycles. The lowest BCUT2D eigenvalue weighted by molar-refractivity contribution is -0.0996. The van der Waals surface area contributed by atoms with Gasteiger partial charge in [-0.1, -0.05) is 31.4 Å². The average molecular weight is 298 g/mol. The van der Waals surface area contributed by atoms with E-state index >= 15 is 0 Å². The van der Waals surface area contributed by atoms with Crippen molar-refractivity contribution in [2.24, 2.45) is 28.6 Å². The lowest BCUT2D eigenvalue weighted by Gasteiger charge is -2.58. The first-order valence-corrected chi connectivity index (χ1v) is 9.34. The highest BCUT2D eigenvalue weighted by molar-refractivity contribution is 5.27. The average Bonchev–Trinajstić information content (AvgIpc) is 2.79. The van der Waals surface area contributed by atoms with E-state index in [1.54, 1.807) is 5.57 Å². The van der Waals surface area contributed by atoms with Gasteiger partial charge in [-0.15, -0.1) is 6.42 Å². The second-order valence-corrected chi connectivity index (χ2v) is 8.95. The minimum Gasteiger partial charge on any atom is -0.377 e. The number of hydrogen-bond acceptors (Lipinski definition) is 1. The Morgan fingerprint density at radius 2 is 1.91 bits per heavy atom. The molecule has 0 radical (unpaired) electrons. The molecule has 0 bridgehead atoms. The molecule has 0 aromatic rings. The number of fused-ring (bicyclic) bond motifs is 5. The lowest BCUT2D eigenvalue weighted by Crippen LogP contribution is -2.54. The molecule has 0 saturated heterocycles. The van der Waals surface area contributed by atoms with Crippen LogP contribution < -0.4 is 0 Å². The van der Waals surface area contributed by atoms with E-state index in [1.807, 2.05) is 0 Å². The van der Waals surface area contributed by atoms with Crippen molar-refractivity contribution in [3.05, 3.63) is 11.6 Å². The molecule has 0 amide bonds. The number of rotatable bonds is 0. The van der Waals surface area contributed by atoms with E-state index in [1.165, 1.54) is 38.5 Å². The topological polar surface area (TPSA) is 20.2 Å². The first-order chi connectivity index (χ1) is 10.4. The molecule has 0 spiro atoms. The molecule has 4 aliphatic carbocycles. The zero-order valence-corrected chi connectivity index (χ0v) is 14.2. The van der Waals surface area contributed by atoms with Gasteiger partial charge in [0, 0.05) is 5.41 Å². The molecule has 0 unspecified atom stereocenters. The summed E-state index contributed by atoms with van der Waals surface area (Å²) in [5.41, 5.74) is 1.30. The van der Waals surface area contributed by atoms with Gasteiger partial charge in [-0.3, -0.25) is 0 Å². The van der Waals surface area contributed by atoms with Crippen LogP contribution in [0.2, 0.25) is 0 Å². The highest BCUT2D eigenvalue weighted by atomic mass is 16.3. The molecule has 0 heterocycles. The second kappa shape index (κ2) is 4.64. The Balaban J connectivity index is 1.70. The van der Waals surface area contributed by atoms with Crippen LogP contribution >= 0.6 is 0 Å². The minimum absolute atomic E-state index is 0.0465. The highest BCUT2D eigenvalue weighted by Crippen LogP contribution is 2.67. The van der Waals surface area contributed by atoms with Crippen molar-refractivity contribution in [2.45, 2.75) is 77.2 Å². The molecule has 3 saturated carbocycles. The second-order valence-electron chi connectivity index (χ2n) is 8.95. The smallest absolute Gasteiger partial charge is 0.130 e. The summed E-state index contributed by atoms with van der Waals surface area (Å²) in [5.74, 6) is 5.02. The Bertz CT molecular complexity index is 555. The van der Waals surface area contributed by atoms with Gasteiger partial charge in [0.1, 0.15) is 5.60 Å². The summed E-state index contributed by atoms with van der Waals surface area (Å²) in [5, 5.41) is 11.0. The summed E-state index contributed by atoms with van der Waals surface area (Å²) in [4.78, 5) is 0. The molecule has 22 heavy (non-hydrogen) atoms. The molecule has 0 aromatic heterocycles. The summed E-state index contributed by atoms with van der Waals surface area (Å²) in [6.45, 7) is 4.83. The molecule has 0 aromatic carbocycles. The molecule has 120 valence electrons. The Hall–Kier alpha value is -0.740. The molecule has 4 rings (SSSR count). The third kappa shape index (κ3) is 1.66. The van der Waals surface area contributed by atoms with E-state index in [4.69, 9.17) is 6.42 Å². The van der Waals surface area contributed by atoms with Crippen molar-refractivity contribution >= 4 is 0 Å². The van der Waals surface area contributed by atoms with Gasteiger partial charge in [-0.2, -0.15) is 0 Å². The van der Waals surface area contributed by atoms with Crippen LogP contribution in [0.4, 0.5) is 0 Å². The molecule has 4 aliphatic rings. The summed E-state index contributed by atoms with van der Waals surface area (Å²) in [6, 6.07) is 0. The van der Waals surface area contributed by atoms with Crippen LogP contribution in [-0.2, 0) is 0 Å². The van der Waals surface area contributed by atoms with E-state index < -0.39 is 5.60 Å². The van der Waals surface area contributed by atoms with Crippen molar-refractivity contribution in [3.8, 4) is 12.3 Å². The molecular weight excluding hydrogens is 268 g/mol. The van der Waals surface area contributed by atoms with Crippen LogP contribution in [0.25, 0.3) is 0 Å². The molecule has 1 heteroatoms. The van der Waals surface area contributed by atoms with E-state index in [0.717, 1.165) is 31.1 Å². The molecule has 1 N–H and O–H groups in total. The Morgan fingerprint density at radius 3 is 2.68 bits per heavy atom. The van der Waals surface area contributed by atoms with Gasteiger partial charge in [0.25, 0.3) is 0 Å². The van der Waals surface area contributed by atoms with Crippen molar-refractivity contribution < 1.29 is 5.11 Å². The molecule has 6 atom stereocenters. The van der Waals surface area contributed by atoms with Crippen LogP contribution in [-0.4, -0.2) is 10.7 Å². The number of hydrogen-bond donors (Lipinski definition) is 1. The third-order valence-electron chi connectivity index (χ3n) is 8.42. The maximum atomic E-state index is 11.0. The Morgan fingerprint density at radius 1 is 1.14 bits per heavy atom. The van der Waals surface area contributed by atoms with E-state index in [2.05, 4.69) is 25.8 Å². The van der Waals surface area contributed by atoms with E-state index in [-0.39, 0.29) is 5.41 Å². The van der Waals surface area contributed by atoms with Crippen molar-refractivity contribution in [1.82, 2.24) is 0 Å². The van der Waals surface area contributed by atoms with Crippen LogP contribution in [0.5, 0.6) is 0 Å². The lowest BCUT2D eigenvalue weighted by atomic mass is 9.46. The predicted octanol–water partition coefficient (Wildman–Crippen LogP) is 4.70. The largest absolute Gasteiger partial charge is 0.377 e. The minimum atomic E-state index is -0.855. The highest BCUT2D eigenvalue weighted by Gasteiger charge is 2.63. The van der Waals surface area contributed by atoms with Gasteiger partial charge in [0.15, 0.2) is 0 Å². The fourth-order valence-electron chi connectivity index (χ4n) is 7.01. The van der Waals surface area contributed by atoms with Crippen LogP contribution in [0, 0.1) is 40.9 Å². The van der Waals surface area contributed by atoms with Gasteiger partial charge >= 0.3 is 0 Å². The van der Waals surface area contributed by atoms with Crippen LogP contribution in [0.15, 0.2) is 11.6 Å². The number of terminal acetylenes is 1. The first kappa shape index (κ1) is 14.8. The monoisotopic (exact) mass is 298 g/mol. The van der Waals surface area contributed by atoms with Gasteiger partial charge < -0.3 is 5.11 Å². The summed E-state index contributed by atoms with van der Waals surface area (Å²) < 4.78 is 0. The SMILES string of the molecule is C#C[C@@]1(O)CC[C@H]2[C@@H]3CCC4=CCCC[C@]4(C)[C@H]3CC[C@@]21C. The maximum absolute atomic E-state index is 11.0. The molecular formula is C21H30O. The fraction of sp³-hybridized carbons (Fsp3) is 0.810. The van der Waals surface area contributed by atoms with Crippen molar-refractivity contribution in [1.29, 1.82) is 0 Å². The van der Waals surface area contributed by atoms with Gasteiger partial charge in [-0.05, 0) is 81.0 Å². The predicted molar refractivity (Wildman–Crippen MR) is 90.1 cm³/mol. The zero-order chi connectivity index (χ0) is 15.6. The number of aliphatic hydroxyl groups is 1. The number of allylic oxidation sites excluding steroid dienone is 2. The Labute approximate surface area is 135 Å². The van der Waals surface area contributed by atoms with Crippen molar-refractivity contribution in [2.75, 3.05) is 0 Å². The van der Waals surface area contributed by atoms with Crippen molar-refractivity contribution in [3.63, 3.8) is 0 Å².